The van der Waals surface area contributed by atoms with Gasteiger partial charge in [0.2, 0.25) is 0 Å². The fraction of sp³-hybridized carbons (Fsp3) is 0.294. The molecule has 0 aliphatic carbocycles. The Kier molecular flexibility index (Phi) is 3.51. The molecular weight excluding hydrogens is 234 g/mol. The van der Waals surface area contributed by atoms with Gasteiger partial charge in [-0.3, -0.25) is 0 Å². The molecule has 1 saturated heterocycles. The van der Waals surface area contributed by atoms with Crippen molar-refractivity contribution in [3.05, 3.63) is 65.7 Å². The molecule has 1 aliphatic heterocycles. The molecule has 0 aromatic heterocycles. The standard InChI is InChI=1S/C17H19NO/c1-19-16-9-7-14(8-10-16)17-11-15(12-18-17)13-5-3-2-4-6-13/h2-10,15,17-18H,11-12H2,1H3. The van der Waals surface area contributed by atoms with Crippen molar-refractivity contribution in [3.8, 4) is 5.75 Å². The van der Waals surface area contributed by atoms with E-state index in [1.54, 1.807) is 7.11 Å². The summed E-state index contributed by atoms with van der Waals surface area (Å²) in [6.45, 7) is 1.06. The highest BCUT2D eigenvalue weighted by Crippen LogP contribution is 2.33. The van der Waals surface area contributed by atoms with E-state index in [9.17, 15) is 0 Å². The maximum Gasteiger partial charge on any atom is 0.118 e. The highest BCUT2D eigenvalue weighted by atomic mass is 16.5. The topological polar surface area (TPSA) is 21.3 Å². The molecule has 98 valence electrons. The molecule has 0 radical (unpaired) electrons. The van der Waals surface area contributed by atoms with Gasteiger partial charge >= 0.3 is 0 Å². The second-order valence-electron chi connectivity index (χ2n) is 5.08. The van der Waals surface area contributed by atoms with Crippen LogP contribution in [0.4, 0.5) is 0 Å². The van der Waals surface area contributed by atoms with E-state index in [2.05, 4.69) is 47.8 Å². The second-order valence-corrected chi connectivity index (χ2v) is 5.08. The van der Waals surface area contributed by atoms with Crippen molar-refractivity contribution in [2.24, 2.45) is 0 Å². The van der Waals surface area contributed by atoms with Gasteiger partial charge in [0.1, 0.15) is 5.75 Å². The van der Waals surface area contributed by atoms with E-state index in [0.29, 0.717) is 12.0 Å². The molecule has 2 nitrogen and oxygen atoms in total. The molecule has 3 rings (SSSR count). The van der Waals surface area contributed by atoms with Gasteiger partial charge in [0.15, 0.2) is 0 Å². The number of ether oxygens (including phenoxy) is 1. The molecule has 1 N–H and O–H groups in total. The van der Waals surface area contributed by atoms with Gasteiger partial charge in [-0.2, -0.15) is 0 Å². The van der Waals surface area contributed by atoms with Crippen LogP contribution in [0.2, 0.25) is 0 Å². The summed E-state index contributed by atoms with van der Waals surface area (Å²) in [7, 11) is 1.70. The van der Waals surface area contributed by atoms with Crippen LogP contribution in [-0.2, 0) is 0 Å². The number of hydrogen-bond acceptors (Lipinski definition) is 2. The third-order valence-electron chi connectivity index (χ3n) is 3.92. The lowest BCUT2D eigenvalue weighted by Crippen LogP contribution is -2.13. The van der Waals surface area contributed by atoms with Crippen molar-refractivity contribution >= 4 is 0 Å². The first kappa shape index (κ1) is 12.2. The van der Waals surface area contributed by atoms with E-state index in [-0.39, 0.29) is 0 Å². The summed E-state index contributed by atoms with van der Waals surface area (Å²) in [5.41, 5.74) is 2.78. The number of methoxy groups -OCH3 is 1. The van der Waals surface area contributed by atoms with Crippen LogP contribution >= 0.6 is 0 Å². The van der Waals surface area contributed by atoms with E-state index in [4.69, 9.17) is 4.74 Å². The van der Waals surface area contributed by atoms with Gasteiger partial charge in [0, 0.05) is 12.6 Å². The van der Waals surface area contributed by atoms with Crippen molar-refractivity contribution in [1.82, 2.24) is 5.32 Å². The Morgan fingerprint density at radius 2 is 1.68 bits per heavy atom. The van der Waals surface area contributed by atoms with Crippen molar-refractivity contribution in [2.75, 3.05) is 13.7 Å². The number of benzene rings is 2. The number of hydrogen-bond donors (Lipinski definition) is 1. The molecule has 0 bridgehead atoms. The highest BCUT2D eigenvalue weighted by Gasteiger charge is 2.26. The maximum atomic E-state index is 5.20. The Morgan fingerprint density at radius 1 is 0.947 bits per heavy atom. The van der Waals surface area contributed by atoms with Crippen LogP contribution in [0.3, 0.4) is 0 Å². The largest absolute Gasteiger partial charge is 0.497 e. The minimum Gasteiger partial charge on any atom is -0.497 e. The molecule has 2 atom stereocenters. The van der Waals surface area contributed by atoms with Crippen LogP contribution in [-0.4, -0.2) is 13.7 Å². The normalized spacial score (nSPS) is 22.4. The SMILES string of the molecule is COc1ccc(C2CC(c3ccccc3)CN2)cc1. The molecule has 0 spiro atoms. The van der Waals surface area contributed by atoms with Gasteiger partial charge in [-0.15, -0.1) is 0 Å². The first-order valence-corrected chi connectivity index (χ1v) is 6.79. The predicted molar refractivity (Wildman–Crippen MR) is 77.5 cm³/mol. The molecule has 1 heterocycles. The Labute approximate surface area is 114 Å². The lowest BCUT2D eigenvalue weighted by atomic mass is 9.94. The molecule has 19 heavy (non-hydrogen) atoms. The van der Waals surface area contributed by atoms with Crippen molar-refractivity contribution < 1.29 is 4.74 Å². The van der Waals surface area contributed by atoms with E-state index in [1.807, 2.05) is 12.1 Å². The molecule has 2 aromatic rings. The zero-order valence-electron chi connectivity index (χ0n) is 11.2. The first-order chi connectivity index (χ1) is 9.36. The van der Waals surface area contributed by atoms with E-state index in [0.717, 1.165) is 18.7 Å². The van der Waals surface area contributed by atoms with Crippen LogP contribution in [0.1, 0.15) is 29.5 Å². The average molecular weight is 253 g/mol. The zero-order valence-corrected chi connectivity index (χ0v) is 11.2. The quantitative estimate of drug-likeness (QED) is 0.903. The average Bonchev–Trinajstić information content (AvgIpc) is 2.98. The van der Waals surface area contributed by atoms with Gasteiger partial charge in [0.05, 0.1) is 7.11 Å². The monoisotopic (exact) mass is 253 g/mol. The summed E-state index contributed by atoms with van der Waals surface area (Å²) < 4.78 is 5.20. The fourth-order valence-electron chi connectivity index (χ4n) is 2.80. The van der Waals surface area contributed by atoms with Crippen LogP contribution in [0.25, 0.3) is 0 Å². The summed E-state index contributed by atoms with van der Waals surface area (Å²) in [5.74, 6) is 1.54. The smallest absolute Gasteiger partial charge is 0.118 e. The zero-order chi connectivity index (χ0) is 13.1. The minimum atomic E-state index is 0.455. The summed E-state index contributed by atoms with van der Waals surface area (Å²) >= 11 is 0. The minimum absolute atomic E-state index is 0.455. The van der Waals surface area contributed by atoms with Gasteiger partial charge in [-0.05, 0) is 35.6 Å². The molecule has 1 aliphatic rings. The molecule has 0 saturated carbocycles. The van der Waals surface area contributed by atoms with Gasteiger partial charge in [-0.1, -0.05) is 42.5 Å². The van der Waals surface area contributed by atoms with Gasteiger partial charge in [-0.25, -0.2) is 0 Å². The lowest BCUT2D eigenvalue weighted by molar-refractivity contribution is 0.414. The molecule has 1 fully saturated rings. The Bertz CT molecular complexity index is 521. The van der Waals surface area contributed by atoms with E-state index in [1.165, 1.54) is 11.1 Å². The van der Waals surface area contributed by atoms with Crippen LogP contribution in [0.5, 0.6) is 5.75 Å². The molecule has 0 amide bonds. The third-order valence-corrected chi connectivity index (χ3v) is 3.92. The van der Waals surface area contributed by atoms with Crippen LogP contribution < -0.4 is 10.1 Å². The Morgan fingerprint density at radius 3 is 2.37 bits per heavy atom. The van der Waals surface area contributed by atoms with Gasteiger partial charge in [0.25, 0.3) is 0 Å². The fourth-order valence-corrected chi connectivity index (χ4v) is 2.80. The summed E-state index contributed by atoms with van der Waals surface area (Å²) in [6, 6.07) is 19.6. The predicted octanol–water partition coefficient (Wildman–Crippen LogP) is 3.51. The lowest BCUT2D eigenvalue weighted by Gasteiger charge is -2.12. The molecule has 2 aromatic carbocycles. The second kappa shape index (κ2) is 5.45. The number of rotatable bonds is 3. The van der Waals surface area contributed by atoms with Crippen molar-refractivity contribution in [3.63, 3.8) is 0 Å². The van der Waals surface area contributed by atoms with E-state index >= 15 is 0 Å². The van der Waals surface area contributed by atoms with E-state index < -0.39 is 0 Å². The Hall–Kier alpha value is -1.80. The molecule has 2 unspecified atom stereocenters. The maximum absolute atomic E-state index is 5.20. The van der Waals surface area contributed by atoms with Crippen LogP contribution in [0.15, 0.2) is 54.6 Å². The molecular formula is C17H19NO. The number of nitrogens with one attached hydrogen (secondary N) is 1. The summed E-state index contributed by atoms with van der Waals surface area (Å²) in [4.78, 5) is 0. The Balaban J connectivity index is 1.71. The van der Waals surface area contributed by atoms with Crippen LogP contribution in [0, 0.1) is 0 Å². The first-order valence-electron chi connectivity index (χ1n) is 6.79. The van der Waals surface area contributed by atoms with Gasteiger partial charge < -0.3 is 10.1 Å². The third kappa shape index (κ3) is 2.64. The summed E-state index contributed by atoms with van der Waals surface area (Å²) in [5, 5.41) is 3.62. The summed E-state index contributed by atoms with van der Waals surface area (Å²) in [6.07, 6.45) is 1.16. The highest BCUT2D eigenvalue weighted by molar-refractivity contribution is 5.31. The van der Waals surface area contributed by atoms with Crippen molar-refractivity contribution in [1.29, 1.82) is 0 Å². The van der Waals surface area contributed by atoms with Crippen molar-refractivity contribution in [2.45, 2.75) is 18.4 Å². The molecule has 2 heteroatoms.